The average Bonchev–Trinajstić information content (AvgIpc) is 2.61. The smallest absolute Gasteiger partial charge is 0.293 e. The molecule has 0 aliphatic heterocycles. The molecule has 2 aromatic carbocycles. The quantitative estimate of drug-likeness (QED) is 0.413. The Morgan fingerprint density at radius 3 is 2.27 bits per heavy atom. The highest BCUT2D eigenvalue weighted by molar-refractivity contribution is 5.94. The molecule has 0 saturated carbocycles. The van der Waals surface area contributed by atoms with Gasteiger partial charge in [-0.25, -0.2) is 0 Å². The second-order valence-electron chi connectivity index (χ2n) is 5.08. The van der Waals surface area contributed by atoms with Crippen molar-refractivity contribution in [2.75, 3.05) is 0 Å². The monoisotopic (exact) mass is 355 g/mol. The lowest BCUT2D eigenvalue weighted by molar-refractivity contribution is -0.384. The lowest BCUT2D eigenvalue weighted by Crippen LogP contribution is -2.06. The summed E-state index contributed by atoms with van der Waals surface area (Å²) < 4.78 is 0. The van der Waals surface area contributed by atoms with Crippen LogP contribution in [0.1, 0.15) is 0 Å². The van der Waals surface area contributed by atoms with Crippen molar-refractivity contribution in [2.24, 2.45) is 10.2 Å². The number of aromatic hydroxyl groups is 1. The van der Waals surface area contributed by atoms with Crippen LogP contribution >= 0.6 is 0 Å². The van der Waals surface area contributed by atoms with E-state index in [2.05, 4.69) is 15.2 Å². The number of non-ortho nitro benzene ring substituents is 2. The number of H-pyrrole nitrogens is 1. The van der Waals surface area contributed by atoms with Gasteiger partial charge >= 0.3 is 0 Å². The first-order valence-corrected chi connectivity index (χ1v) is 7.07. The molecule has 11 heteroatoms. The summed E-state index contributed by atoms with van der Waals surface area (Å²) in [4.78, 5) is 34.8. The Kier molecular flexibility index (Phi) is 4.11. The number of fused-ring (bicyclic) bond motifs is 1. The van der Waals surface area contributed by atoms with Gasteiger partial charge in [-0.15, -0.1) is 5.11 Å². The first kappa shape index (κ1) is 16.7. The van der Waals surface area contributed by atoms with E-state index in [4.69, 9.17) is 0 Å². The van der Waals surface area contributed by atoms with Crippen LogP contribution in [0.15, 0.2) is 57.5 Å². The number of aromatic nitrogens is 1. The predicted octanol–water partition coefficient (Wildman–Crippen LogP) is 3.47. The Balaban J connectivity index is 2.07. The SMILES string of the molecule is O=c1[nH]c2c([N+](=O)[O-])cccc2c(O)c1N=Nc1ccc([N+](=O)[O-])cc1. The zero-order valence-corrected chi connectivity index (χ0v) is 12.8. The lowest BCUT2D eigenvalue weighted by Gasteiger charge is -2.03. The van der Waals surface area contributed by atoms with Crippen molar-refractivity contribution in [1.82, 2.24) is 4.98 Å². The van der Waals surface area contributed by atoms with Crippen molar-refractivity contribution >= 4 is 33.7 Å². The molecular weight excluding hydrogens is 346 g/mol. The van der Waals surface area contributed by atoms with Gasteiger partial charge in [0.25, 0.3) is 16.9 Å². The Labute approximate surface area is 143 Å². The van der Waals surface area contributed by atoms with Gasteiger partial charge in [0.05, 0.1) is 15.5 Å². The van der Waals surface area contributed by atoms with E-state index < -0.39 is 26.8 Å². The molecule has 0 saturated heterocycles. The van der Waals surface area contributed by atoms with Gasteiger partial charge in [-0.2, -0.15) is 5.11 Å². The number of hydrogen-bond acceptors (Lipinski definition) is 8. The molecule has 1 heterocycles. The third-order valence-electron chi connectivity index (χ3n) is 3.50. The third-order valence-corrected chi connectivity index (χ3v) is 3.50. The molecule has 0 fully saturated rings. The molecule has 0 atom stereocenters. The van der Waals surface area contributed by atoms with Crippen molar-refractivity contribution in [3.63, 3.8) is 0 Å². The van der Waals surface area contributed by atoms with Gasteiger partial charge in [0.15, 0.2) is 11.4 Å². The molecule has 0 aliphatic rings. The minimum Gasteiger partial charge on any atom is -0.505 e. The number of benzene rings is 2. The van der Waals surface area contributed by atoms with Crippen LogP contribution in [0.2, 0.25) is 0 Å². The van der Waals surface area contributed by atoms with Crippen LogP contribution in [-0.2, 0) is 0 Å². The number of aromatic amines is 1. The Morgan fingerprint density at radius 1 is 0.962 bits per heavy atom. The Morgan fingerprint density at radius 2 is 1.65 bits per heavy atom. The van der Waals surface area contributed by atoms with Gasteiger partial charge in [0, 0.05) is 23.6 Å². The van der Waals surface area contributed by atoms with E-state index in [1.165, 1.54) is 42.5 Å². The molecule has 0 unspecified atom stereocenters. The number of hydrogen-bond donors (Lipinski definition) is 2. The summed E-state index contributed by atoms with van der Waals surface area (Å²) in [6.07, 6.45) is 0. The lowest BCUT2D eigenvalue weighted by atomic mass is 10.1. The molecule has 11 nitrogen and oxygen atoms in total. The average molecular weight is 355 g/mol. The van der Waals surface area contributed by atoms with Crippen molar-refractivity contribution in [1.29, 1.82) is 0 Å². The van der Waals surface area contributed by atoms with E-state index in [0.717, 1.165) is 0 Å². The van der Waals surface area contributed by atoms with E-state index in [0.29, 0.717) is 0 Å². The molecule has 0 spiro atoms. The van der Waals surface area contributed by atoms with Gasteiger partial charge in [-0.1, -0.05) is 6.07 Å². The van der Waals surface area contributed by atoms with Crippen LogP contribution in [-0.4, -0.2) is 19.9 Å². The van der Waals surface area contributed by atoms with Crippen LogP contribution in [0.25, 0.3) is 10.9 Å². The van der Waals surface area contributed by atoms with E-state index in [-0.39, 0.29) is 28.0 Å². The summed E-state index contributed by atoms with van der Waals surface area (Å²) in [5, 5.41) is 39.3. The molecular formula is C15H9N5O6. The Bertz CT molecular complexity index is 1120. The zero-order valence-electron chi connectivity index (χ0n) is 12.8. The van der Waals surface area contributed by atoms with Gasteiger partial charge in [0.2, 0.25) is 0 Å². The molecule has 0 aliphatic carbocycles. The zero-order chi connectivity index (χ0) is 18.8. The molecule has 0 radical (unpaired) electrons. The van der Waals surface area contributed by atoms with Crippen LogP contribution in [0.5, 0.6) is 5.75 Å². The normalized spacial score (nSPS) is 11.1. The highest BCUT2D eigenvalue weighted by atomic mass is 16.6. The molecule has 0 bridgehead atoms. The first-order chi connectivity index (χ1) is 12.4. The van der Waals surface area contributed by atoms with Crippen molar-refractivity contribution in [2.45, 2.75) is 0 Å². The van der Waals surface area contributed by atoms with E-state index in [1.54, 1.807) is 0 Å². The molecule has 2 N–H and O–H groups in total. The fraction of sp³-hybridized carbons (Fsp3) is 0. The van der Waals surface area contributed by atoms with Crippen LogP contribution in [0.3, 0.4) is 0 Å². The predicted molar refractivity (Wildman–Crippen MR) is 90.2 cm³/mol. The highest BCUT2D eigenvalue weighted by Gasteiger charge is 2.18. The molecule has 130 valence electrons. The summed E-state index contributed by atoms with van der Waals surface area (Å²) in [6.45, 7) is 0. The van der Waals surface area contributed by atoms with Gasteiger partial charge in [0.1, 0.15) is 5.52 Å². The summed E-state index contributed by atoms with van der Waals surface area (Å²) in [7, 11) is 0. The van der Waals surface area contributed by atoms with E-state index in [9.17, 15) is 30.1 Å². The number of nitrogens with one attached hydrogen (secondary N) is 1. The summed E-state index contributed by atoms with van der Waals surface area (Å²) >= 11 is 0. The second-order valence-corrected chi connectivity index (χ2v) is 5.08. The minimum absolute atomic E-state index is 0.0384. The van der Waals surface area contributed by atoms with E-state index >= 15 is 0 Å². The molecule has 3 rings (SSSR count). The number of rotatable bonds is 4. The number of pyridine rings is 1. The maximum absolute atomic E-state index is 12.1. The fourth-order valence-corrected chi connectivity index (χ4v) is 2.27. The second kappa shape index (κ2) is 6.39. The number of nitro groups is 2. The molecule has 0 amide bonds. The van der Waals surface area contributed by atoms with E-state index in [1.807, 2.05) is 0 Å². The van der Waals surface area contributed by atoms with Gasteiger partial charge in [-0.05, 0) is 18.2 Å². The largest absolute Gasteiger partial charge is 0.505 e. The summed E-state index contributed by atoms with van der Waals surface area (Å²) in [5.41, 5.74) is -1.72. The topological polar surface area (TPSA) is 164 Å². The summed E-state index contributed by atoms with van der Waals surface area (Å²) in [5.74, 6) is -0.557. The molecule has 26 heavy (non-hydrogen) atoms. The fourth-order valence-electron chi connectivity index (χ4n) is 2.27. The minimum atomic E-state index is -0.866. The number of para-hydroxylation sites is 1. The highest BCUT2D eigenvalue weighted by Crippen LogP contribution is 2.34. The maximum atomic E-state index is 12.1. The van der Waals surface area contributed by atoms with Crippen LogP contribution in [0.4, 0.5) is 22.7 Å². The number of nitro benzene ring substituents is 2. The number of nitrogens with zero attached hydrogens (tertiary/aromatic N) is 4. The van der Waals surface area contributed by atoms with Crippen LogP contribution < -0.4 is 5.56 Å². The van der Waals surface area contributed by atoms with Crippen molar-refractivity contribution < 1.29 is 15.0 Å². The first-order valence-electron chi connectivity index (χ1n) is 7.07. The summed E-state index contributed by atoms with van der Waals surface area (Å²) in [6, 6.07) is 8.99. The van der Waals surface area contributed by atoms with Crippen LogP contribution in [0, 0.1) is 20.2 Å². The standard InChI is InChI=1S/C15H9N5O6/c21-14-10-2-1-3-11(20(25)26)12(10)16-15(22)13(14)18-17-8-4-6-9(7-5-8)19(23)24/h1-7H,(H2,16,21,22). The van der Waals surface area contributed by atoms with Gasteiger partial charge in [-0.3, -0.25) is 25.0 Å². The number of azo groups is 1. The van der Waals surface area contributed by atoms with Crippen molar-refractivity contribution in [3.8, 4) is 5.75 Å². The van der Waals surface area contributed by atoms with Gasteiger partial charge < -0.3 is 10.1 Å². The molecule has 1 aromatic heterocycles. The molecule has 3 aromatic rings. The Hall–Kier alpha value is -4.15. The van der Waals surface area contributed by atoms with Crippen molar-refractivity contribution in [3.05, 3.63) is 73.0 Å². The maximum Gasteiger partial charge on any atom is 0.293 e. The third kappa shape index (κ3) is 2.96.